The minimum absolute atomic E-state index is 0.00921. The molecule has 3 rings (SSSR count). The molecule has 0 spiro atoms. The second-order valence-electron chi connectivity index (χ2n) is 4.67. The van der Waals surface area contributed by atoms with Gasteiger partial charge >= 0.3 is 6.61 Å². The van der Waals surface area contributed by atoms with Crippen molar-refractivity contribution >= 4 is 22.7 Å². The van der Waals surface area contributed by atoms with E-state index in [0.29, 0.717) is 24.0 Å². The van der Waals surface area contributed by atoms with Gasteiger partial charge in [0.2, 0.25) is 5.95 Å². The zero-order valence-electron chi connectivity index (χ0n) is 11.9. The van der Waals surface area contributed by atoms with Gasteiger partial charge in [-0.15, -0.1) is 0 Å². The summed E-state index contributed by atoms with van der Waals surface area (Å²) in [6.07, 6.45) is 1.23. The molecule has 0 amide bonds. The topological polar surface area (TPSA) is 86.0 Å². The van der Waals surface area contributed by atoms with Gasteiger partial charge in [0.25, 0.3) is 0 Å². The second-order valence-corrected chi connectivity index (χ2v) is 4.67. The number of nitrogens with one attached hydrogen (secondary N) is 1. The molecule has 0 saturated carbocycles. The fourth-order valence-corrected chi connectivity index (χ4v) is 2.04. The lowest BCUT2D eigenvalue weighted by molar-refractivity contribution is -0.0500. The summed E-state index contributed by atoms with van der Waals surface area (Å²) in [4.78, 5) is 12.6. The number of para-hydroxylation sites is 1. The maximum Gasteiger partial charge on any atom is 0.387 e. The largest absolute Gasteiger partial charge is 0.433 e. The van der Waals surface area contributed by atoms with Crippen LogP contribution in [0.2, 0.25) is 0 Å². The van der Waals surface area contributed by atoms with Crippen LogP contribution in [0.4, 0.5) is 20.5 Å². The van der Waals surface area contributed by atoms with Crippen molar-refractivity contribution in [2.45, 2.75) is 13.2 Å². The number of ether oxygens (including phenoxy) is 1. The molecule has 0 aliphatic rings. The second kappa shape index (κ2) is 6.39. The van der Waals surface area contributed by atoms with Gasteiger partial charge in [-0.2, -0.15) is 13.8 Å². The Bertz CT molecular complexity index is 811. The Morgan fingerprint density at radius 1 is 1.13 bits per heavy atom. The number of aromatic nitrogens is 3. The van der Waals surface area contributed by atoms with Crippen molar-refractivity contribution in [3.05, 3.63) is 48.3 Å². The minimum Gasteiger partial charge on any atom is -0.433 e. The first-order chi connectivity index (χ1) is 11.1. The number of hydrogen-bond donors (Lipinski definition) is 2. The average molecular weight is 317 g/mol. The smallest absolute Gasteiger partial charge is 0.387 e. The maximum absolute atomic E-state index is 12.1. The Morgan fingerprint density at radius 3 is 2.70 bits per heavy atom. The number of rotatable bonds is 5. The highest BCUT2D eigenvalue weighted by Crippen LogP contribution is 2.19. The molecule has 8 heteroatoms. The number of alkyl halides is 2. The number of fused-ring (bicyclic) bond motifs is 1. The molecule has 0 atom stereocenters. The van der Waals surface area contributed by atoms with Crippen molar-refractivity contribution in [3.63, 3.8) is 0 Å². The number of pyridine rings is 1. The highest BCUT2D eigenvalue weighted by molar-refractivity contribution is 5.88. The van der Waals surface area contributed by atoms with Gasteiger partial charge in [0.15, 0.2) is 0 Å². The van der Waals surface area contributed by atoms with Crippen LogP contribution in [0.1, 0.15) is 5.69 Å². The van der Waals surface area contributed by atoms with Gasteiger partial charge in [-0.25, -0.2) is 4.98 Å². The van der Waals surface area contributed by atoms with Crippen LogP contribution >= 0.6 is 0 Å². The highest BCUT2D eigenvalue weighted by atomic mass is 19.3. The lowest BCUT2D eigenvalue weighted by Crippen LogP contribution is -2.07. The number of anilines is 2. The van der Waals surface area contributed by atoms with E-state index < -0.39 is 6.61 Å². The summed E-state index contributed by atoms with van der Waals surface area (Å²) in [5, 5.41) is 3.78. The van der Waals surface area contributed by atoms with Crippen LogP contribution in [0.3, 0.4) is 0 Å². The van der Waals surface area contributed by atoms with Gasteiger partial charge in [-0.05, 0) is 24.3 Å². The Balaban J connectivity index is 1.70. The van der Waals surface area contributed by atoms with E-state index in [0.717, 1.165) is 10.9 Å². The van der Waals surface area contributed by atoms with Crippen molar-refractivity contribution in [2.75, 3.05) is 11.1 Å². The normalized spacial score (nSPS) is 10.9. The summed E-state index contributed by atoms with van der Waals surface area (Å²) in [7, 11) is 0. The zero-order valence-corrected chi connectivity index (χ0v) is 11.9. The number of nitrogens with zero attached hydrogens (tertiary/aromatic N) is 3. The van der Waals surface area contributed by atoms with Crippen molar-refractivity contribution in [1.29, 1.82) is 0 Å². The Kier molecular flexibility index (Phi) is 4.13. The molecule has 0 fully saturated rings. The van der Waals surface area contributed by atoms with Gasteiger partial charge in [-0.1, -0.05) is 12.1 Å². The number of nitrogen functional groups attached to an aromatic ring is 1. The Labute approximate surface area is 130 Å². The van der Waals surface area contributed by atoms with E-state index in [1.165, 1.54) is 12.3 Å². The van der Waals surface area contributed by atoms with E-state index in [1.807, 2.05) is 24.3 Å². The summed E-state index contributed by atoms with van der Waals surface area (Å²) in [5.41, 5.74) is 7.26. The van der Waals surface area contributed by atoms with Gasteiger partial charge < -0.3 is 15.8 Å². The van der Waals surface area contributed by atoms with E-state index in [4.69, 9.17) is 5.73 Å². The van der Waals surface area contributed by atoms with Gasteiger partial charge in [0, 0.05) is 5.39 Å². The molecule has 2 aromatic heterocycles. The van der Waals surface area contributed by atoms with Crippen molar-refractivity contribution in [2.24, 2.45) is 0 Å². The molecule has 118 valence electrons. The third-order valence-corrected chi connectivity index (χ3v) is 3.08. The zero-order chi connectivity index (χ0) is 16.2. The summed E-state index contributed by atoms with van der Waals surface area (Å²) < 4.78 is 28.4. The van der Waals surface area contributed by atoms with Crippen molar-refractivity contribution in [3.8, 4) is 5.75 Å². The fourth-order valence-electron chi connectivity index (χ4n) is 2.04. The third-order valence-electron chi connectivity index (χ3n) is 3.08. The average Bonchev–Trinajstić information content (AvgIpc) is 2.54. The highest BCUT2D eigenvalue weighted by Gasteiger charge is 2.06. The molecular weight excluding hydrogens is 304 g/mol. The van der Waals surface area contributed by atoms with Crippen molar-refractivity contribution in [1.82, 2.24) is 15.0 Å². The predicted octanol–water partition coefficient (Wildman–Crippen LogP) is 2.82. The van der Waals surface area contributed by atoms with E-state index in [-0.39, 0.29) is 5.75 Å². The SMILES string of the molecule is Nc1nc(NCc2ccc(OC(F)F)cn2)nc2ccccc12. The minimum atomic E-state index is -2.87. The monoisotopic (exact) mass is 317 g/mol. The standard InChI is InChI=1S/C15H13F2N5O/c16-14(17)23-10-6-5-9(19-8-10)7-20-15-21-12-4-2-1-3-11(12)13(18)22-15/h1-6,8,14H,7H2,(H3,18,20,21,22). The lowest BCUT2D eigenvalue weighted by Gasteiger charge is -2.08. The number of halogens is 2. The number of nitrogens with two attached hydrogens (primary N) is 1. The summed E-state index contributed by atoms with van der Waals surface area (Å²) >= 11 is 0. The molecule has 0 saturated heterocycles. The number of benzene rings is 1. The van der Waals surface area contributed by atoms with E-state index in [2.05, 4.69) is 25.0 Å². The molecule has 0 radical (unpaired) electrons. The molecule has 3 aromatic rings. The first-order valence-electron chi connectivity index (χ1n) is 6.77. The summed E-state index contributed by atoms with van der Waals surface area (Å²) in [6.45, 7) is -2.54. The van der Waals surface area contributed by atoms with Crippen molar-refractivity contribution < 1.29 is 13.5 Å². The van der Waals surface area contributed by atoms with E-state index >= 15 is 0 Å². The molecule has 3 N–H and O–H groups in total. The van der Waals surface area contributed by atoms with E-state index in [9.17, 15) is 8.78 Å². The van der Waals surface area contributed by atoms with Crippen LogP contribution in [-0.4, -0.2) is 21.6 Å². The molecule has 0 bridgehead atoms. The molecule has 1 aromatic carbocycles. The molecule has 6 nitrogen and oxygen atoms in total. The first kappa shape index (κ1) is 14.9. The fraction of sp³-hybridized carbons (Fsp3) is 0.133. The predicted molar refractivity (Wildman–Crippen MR) is 82.1 cm³/mol. The summed E-state index contributed by atoms with van der Waals surface area (Å²) in [5.74, 6) is 0.762. The van der Waals surface area contributed by atoms with Gasteiger partial charge in [-0.3, -0.25) is 4.98 Å². The Hall–Kier alpha value is -3.03. The lowest BCUT2D eigenvalue weighted by atomic mass is 10.2. The van der Waals surface area contributed by atoms with Crippen LogP contribution in [0.15, 0.2) is 42.6 Å². The molecule has 2 heterocycles. The molecule has 0 aliphatic carbocycles. The molecule has 0 aliphatic heterocycles. The van der Waals surface area contributed by atoms with E-state index in [1.54, 1.807) is 6.07 Å². The van der Waals surface area contributed by atoms with Crippen LogP contribution in [-0.2, 0) is 6.54 Å². The maximum atomic E-state index is 12.1. The van der Waals surface area contributed by atoms with Crippen LogP contribution in [0.25, 0.3) is 10.9 Å². The Morgan fingerprint density at radius 2 is 1.96 bits per heavy atom. The quantitative estimate of drug-likeness (QED) is 0.752. The molecule has 23 heavy (non-hydrogen) atoms. The van der Waals surface area contributed by atoms with Gasteiger partial charge in [0.1, 0.15) is 11.6 Å². The third kappa shape index (κ3) is 3.60. The van der Waals surface area contributed by atoms with Crippen LogP contribution in [0, 0.1) is 0 Å². The molecular formula is C15H13F2N5O. The number of hydrogen-bond acceptors (Lipinski definition) is 6. The van der Waals surface area contributed by atoms with Crippen LogP contribution in [0.5, 0.6) is 5.75 Å². The molecule has 0 unspecified atom stereocenters. The van der Waals surface area contributed by atoms with Gasteiger partial charge in [0.05, 0.1) is 24.0 Å². The summed E-state index contributed by atoms with van der Waals surface area (Å²) in [6, 6.07) is 10.4. The van der Waals surface area contributed by atoms with Crippen LogP contribution < -0.4 is 15.8 Å². The first-order valence-corrected chi connectivity index (χ1v) is 6.77.